The van der Waals surface area contributed by atoms with Gasteiger partial charge in [-0.15, -0.1) is 0 Å². The van der Waals surface area contributed by atoms with Gasteiger partial charge in [-0.05, 0) is 24.9 Å². The summed E-state index contributed by atoms with van der Waals surface area (Å²) in [4.78, 5) is 2.47. The van der Waals surface area contributed by atoms with Gasteiger partial charge in [0.05, 0.1) is 26.4 Å². The monoisotopic (exact) mass is 258 g/mol. The van der Waals surface area contributed by atoms with E-state index in [1.54, 1.807) is 0 Å². The Hall–Kier alpha value is -0.160. The second-order valence-corrected chi connectivity index (χ2v) is 6.17. The van der Waals surface area contributed by atoms with E-state index in [0.29, 0.717) is 0 Å². The molecule has 0 radical (unpaired) electrons. The maximum Gasteiger partial charge on any atom is 0.0594 e. The van der Waals surface area contributed by atoms with Crippen LogP contribution in [0.25, 0.3) is 0 Å². The third-order valence-corrected chi connectivity index (χ3v) is 2.89. The van der Waals surface area contributed by atoms with Crippen molar-refractivity contribution in [3.05, 3.63) is 0 Å². The van der Waals surface area contributed by atoms with Crippen LogP contribution < -0.4 is 5.32 Å². The van der Waals surface area contributed by atoms with Crippen molar-refractivity contribution in [1.82, 2.24) is 10.2 Å². The molecule has 4 nitrogen and oxygen atoms in total. The highest BCUT2D eigenvalue weighted by Crippen LogP contribution is 2.12. The fraction of sp³-hybridized carbons (Fsp3) is 1.00. The van der Waals surface area contributed by atoms with Crippen LogP contribution in [0, 0.1) is 5.41 Å². The average Bonchev–Trinajstić information content (AvgIpc) is 2.32. The van der Waals surface area contributed by atoms with Crippen LogP contribution in [-0.2, 0) is 9.47 Å². The van der Waals surface area contributed by atoms with Crippen molar-refractivity contribution < 1.29 is 9.47 Å². The number of ether oxygens (including phenoxy) is 2. The summed E-state index contributed by atoms with van der Waals surface area (Å²) < 4.78 is 10.9. The molecular formula is C14H30N2O2. The van der Waals surface area contributed by atoms with E-state index in [2.05, 4.69) is 31.0 Å². The summed E-state index contributed by atoms with van der Waals surface area (Å²) in [6.45, 7) is 15.4. The van der Waals surface area contributed by atoms with Gasteiger partial charge >= 0.3 is 0 Å². The molecule has 0 saturated carbocycles. The third kappa shape index (κ3) is 8.86. The first-order chi connectivity index (χ1) is 8.58. The Morgan fingerprint density at radius 1 is 1.17 bits per heavy atom. The molecule has 108 valence electrons. The standard InChI is InChI=1S/C14H30N2O2/c1-14(2,3)13-18-10-6-15-5-4-7-16-8-11-17-12-9-16/h15H,4-13H2,1-3H3. The van der Waals surface area contributed by atoms with Gasteiger partial charge in [0.15, 0.2) is 0 Å². The fourth-order valence-electron chi connectivity index (χ4n) is 1.90. The van der Waals surface area contributed by atoms with E-state index in [-0.39, 0.29) is 5.41 Å². The summed E-state index contributed by atoms with van der Waals surface area (Å²) >= 11 is 0. The van der Waals surface area contributed by atoms with Gasteiger partial charge in [-0.2, -0.15) is 0 Å². The summed E-state index contributed by atoms with van der Waals surface area (Å²) in [7, 11) is 0. The van der Waals surface area contributed by atoms with Gasteiger partial charge in [-0.1, -0.05) is 20.8 Å². The Morgan fingerprint density at radius 2 is 1.89 bits per heavy atom. The van der Waals surface area contributed by atoms with E-state index in [0.717, 1.165) is 52.6 Å². The molecular weight excluding hydrogens is 228 g/mol. The van der Waals surface area contributed by atoms with Gasteiger partial charge in [-0.25, -0.2) is 0 Å². The highest BCUT2D eigenvalue weighted by Gasteiger charge is 2.10. The van der Waals surface area contributed by atoms with E-state index >= 15 is 0 Å². The zero-order valence-corrected chi connectivity index (χ0v) is 12.3. The van der Waals surface area contributed by atoms with Crippen LogP contribution in [0.15, 0.2) is 0 Å². The Morgan fingerprint density at radius 3 is 2.56 bits per heavy atom. The van der Waals surface area contributed by atoms with Crippen molar-refractivity contribution in [3.8, 4) is 0 Å². The lowest BCUT2D eigenvalue weighted by Gasteiger charge is -2.26. The lowest BCUT2D eigenvalue weighted by Crippen LogP contribution is -2.37. The first kappa shape index (κ1) is 15.9. The second kappa shape index (κ2) is 8.86. The molecule has 0 amide bonds. The maximum atomic E-state index is 5.61. The van der Waals surface area contributed by atoms with Gasteiger partial charge in [-0.3, -0.25) is 4.90 Å². The molecule has 1 N–H and O–H groups in total. The van der Waals surface area contributed by atoms with Gasteiger partial charge in [0.2, 0.25) is 0 Å². The quantitative estimate of drug-likeness (QED) is 0.667. The first-order valence-corrected chi connectivity index (χ1v) is 7.16. The molecule has 0 aromatic rings. The number of morpholine rings is 1. The smallest absolute Gasteiger partial charge is 0.0594 e. The van der Waals surface area contributed by atoms with Crippen LogP contribution in [0.4, 0.5) is 0 Å². The fourth-order valence-corrected chi connectivity index (χ4v) is 1.90. The largest absolute Gasteiger partial charge is 0.380 e. The molecule has 0 unspecified atom stereocenters. The highest BCUT2D eigenvalue weighted by atomic mass is 16.5. The Kier molecular flexibility index (Phi) is 7.82. The normalized spacial score (nSPS) is 18.2. The van der Waals surface area contributed by atoms with Crippen LogP contribution in [0.1, 0.15) is 27.2 Å². The van der Waals surface area contributed by atoms with Crippen LogP contribution in [-0.4, -0.2) is 64.1 Å². The van der Waals surface area contributed by atoms with Gasteiger partial charge in [0.25, 0.3) is 0 Å². The van der Waals surface area contributed by atoms with E-state index in [1.165, 1.54) is 13.0 Å². The molecule has 0 aromatic heterocycles. The van der Waals surface area contributed by atoms with Crippen molar-refractivity contribution in [2.75, 3.05) is 59.2 Å². The summed E-state index contributed by atoms with van der Waals surface area (Å²) in [5, 5.41) is 3.43. The Balaban J connectivity index is 1.81. The summed E-state index contributed by atoms with van der Waals surface area (Å²) in [6, 6.07) is 0. The van der Waals surface area contributed by atoms with Gasteiger partial charge in [0.1, 0.15) is 0 Å². The lowest BCUT2D eigenvalue weighted by molar-refractivity contribution is 0.0372. The van der Waals surface area contributed by atoms with Crippen LogP contribution in [0.5, 0.6) is 0 Å². The molecule has 1 aliphatic heterocycles. The summed E-state index contributed by atoms with van der Waals surface area (Å²) in [5.41, 5.74) is 0.274. The van der Waals surface area contributed by atoms with E-state index in [1.807, 2.05) is 0 Å². The zero-order valence-electron chi connectivity index (χ0n) is 12.3. The predicted octanol–water partition coefficient (Wildman–Crippen LogP) is 1.36. The minimum absolute atomic E-state index is 0.274. The summed E-state index contributed by atoms with van der Waals surface area (Å²) in [5.74, 6) is 0. The van der Waals surface area contributed by atoms with Crippen LogP contribution in [0.3, 0.4) is 0 Å². The zero-order chi connectivity index (χ0) is 13.3. The van der Waals surface area contributed by atoms with Gasteiger partial charge in [0, 0.05) is 19.6 Å². The van der Waals surface area contributed by atoms with Crippen molar-refractivity contribution in [3.63, 3.8) is 0 Å². The molecule has 0 spiro atoms. The molecule has 1 aliphatic rings. The molecule has 0 aromatic carbocycles. The third-order valence-electron chi connectivity index (χ3n) is 2.89. The minimum Gasteiger partial charge on any atom is -0.380 e. The number of nitrogens with zero attached hydrogens (tertiary/aromatic N) is 1. The van der Waals surface area contributed by atoms with Crippen molar-refractivity contribution >= 4 is 0 Å². The lowest BCUT2D eigenvalue weighted by atomic mass is 9.99. The van der Waals surface area contributed by atoms with Crippen molar-refractivity contribution in [2.24, 2.45) is 5.41 Å². The topological polar surface area (TPSA) is 33.7 Å². The molecule has 1 heterocycles. The van der Waals surface area contributed by atoms with E-state index in [4.69, 9.17) is 9.47 Å². The van der Waals surface area contributed by atoms with Crippen molar-refractivity contribution in [2.45, 2.75) is 27.2 Å². The molecule has 0 aliphatic carbocycles. The molecule has 4 heteroatoms. The first-order valence-electron chi connectivity index (χ1n) is 7.16. The second-order valence-electron chi connectivity index (χ2n) is 6.17. The predicted molar refractivity (Wildman–Crippen MR) is 75.0 cm³/mol. The SMILES string of the molecule is CC(C)(C)COCCNCCCN1CCOCC1. The number of rotatable bonds is 8. The molecule has 18 heavy (non-hydrogen) atoms. The highest BCUT2D eigenvalue weighted by molar-refractivity contribution is 4.62. The molecule has 1 saturated heterocycles. The van der Waals surface area contributed by atoms with E-state index in [9.17, 15) is 0 Å². The number of hydrogen-bond acceptors (Lipinski definition) is 4. The number of hydrogen-bond donors (Lipinski definition) is 1. The van der Waals surface area contributed by atoms with Crippen molar-refractivity contribution in [1.29, 1.82) is 0 Å². The molecule has 0 atom stereocenters. The average molecular weight is 258 g/mol. The minimum atomic E-state index is 0.274. The van der Waals surface area contributed by atoms with E-state index < -0.39 is 0 Å². The molecule has 0 bridgehead atoms. The van der Waals surface area contributed by atoms with Crippen LogP contribution >= 0.6 is 0 Å². The summed E-state index contributed by atoms with van der Waals surface area (Å²) in [6.07, 6.45) is 1.21. The maximum absolute atomic E-state index is 5.61. The molecule has 1 rings (SSSR count). The molecule has 1 fully saturated rings. The van der Waals surface area contributed by atoms with Crippen LogP contribution in [0.2, 0.25) is 0 Å². The Bertz CT molecular complexity index is 198. The Labute approximate surface area is 112 Å². The number of nitrogens with one attached hydrogen (secondary N) is 1. The van der Waals surface area contributed by atoms with Gasteiger partial charge < -0.3 is 14.8 Å².